The number of hydrogen-bond donors (Lipinski definition) is 1. The molecule has 0 heterocycles. The minimum absolute atomic E-state index is 0.304. The Kier molecular flexibility index (Phi) is 6.10. The molecule has 3 heteroatoms. The lowest BCUT2D eigenvalue weighted by Crippen LogP contribution is -2.30. The van der Waals surface area contributed by atoms with Crippen molar-refractivity contribution in [1.29, 1.82) is 0 Å². The molecule has 1 aromatic carbocycles. The molecule has 1 atom stereocenters. The van der Waals surface area contributed by atoms with Gasteiger partial charge >= 0.3 is 0 Å². The summed E-state index contributed by atoms with van der Waals surface area (Å²) in [5.74, 6) is 4.21. The van der Waals surface area contributed by atoms with E-state index < -0.39 is 0 Å². The van der Waals surface area contributed by atoms with Crippen LogP contribution >= 0.6 is 0 Å². The number of terminal acetylenes is 1. The summed E-state index contributed by atoms with van der Waals surface area (Å²) < 4.78 is 10.5. The number of likely N-dealkylation sites (N-methyl/N-ethyl adjacent to an activating group) is 1. The van der Waals surface area contributed by atoms with Crippen LogP contribution in [-0.4, -0.2) is 26.8 Å². The van der Waals surface area contributed by atoms with Gasteiger partial charge in [-0.15, -0.1) is 12.3 Å². The molecule has 0 saturated carbocycles. The van der Waals surface area contributed by atoms with Gasteiger partial charge in [-0.25, -0.2) is 0 Å². The second kappa shape index (κ2) is 7.62. The number of nitrogens with one attached hydrogen (secondary N) is 1. The van der Waals surface area contributed by atoms with E-state index in [-0.39, 0.29) is 0 Å². The zero-order valence-electron chi connectivity index (χ0n) is 11.3. The third-order valence-electron chi connectivity index (χ3n) is 2.79. The van der Waals surface area contributed by atoms with Gasteiger partial charge in [-0.2, -0.15) is 0 Å². The molecule has 0 amide bonds. The Bertz CT molecular complexity index is 409. The van der Waals surface area contributed by atoms with Crippen molar-refractivity contribution in [3.63, 3.8) is 0 Å². The summed E-state index contributed by atoms with van der Waals surface area (Å²) in [6, 6.07) is 6.27. The molecule has 0 spiro atoms. The van der Waals surface area contributed by atoms with Gasteiger partial charge in [-0.05, 0) is 30.7 Å². The molecule has 1 unspecified atom stereocenters. The van der Waals surface area contributed by atoms with Crippen LogP contribution in [0.1, 0.15) is 18.9 Å². The Morgan fingerprint density at radius 2 is 2.00 bits per heavy atom. The molecule has 0 fully saturated rings. The quantitative estimate of drug-likeness (QED) is 0.750. The van der Waals surface area contributed by atoms with Crippen molar-refractivity contribution in [2.75, 3.05) is 20.8 Å². The summed E-state index contributed by atoms with van der Waals surface area (Å²) in [7, 11) is 3.28. The van der Waals surface area contributed by atoms with E-state index in [9.17, 15) is 0 Å². The average Bonchev–Trinajstić information content (AvgIpc) is 2.39. The van der Waals surface area contributed by atoms with Crippen molar-refractivity contribution in [1.82, 2.24) is 5.32 Å². The first kappa shape index (κ1) is 14.4. The fraction of sp³-hybridized carbons (Fsp3) is 0.467. The smallest absolute Gasteiger partial charge is 0.160 e. The maximum atomic E-state index is 5.38. The molecule has 0 saturated heterocycles. The minimum atomic E-state index is 0.304. The Hall–Kier alpha value is -1.66. The number of methoxy groups -OCH3 is 2. The van der Waals surface area contributed by atoms with Gasteiger partial charge in [0, 0.05) is 12.5 Å². The number of hydrogen-bond acceptors (Lipinski definition) is 3. The molecule has 3 nitrogen and oxygen atoms in total. The van der Waals surface area contributed by atoms with Gasteiger partial charge in [0.05, 0.1) is 14.2 Å². The molecule has 0 aliphatic carbocycles. The molecule has 98 valence electrons. The van der Waals surface area contributed by atoms with Gasteiger partial charge in [0.25, 0.3) is 0 Å². The molecule has 18 heavy (non-hydrogen) atoms. The molecular weight excluding hydrogens is 226 g/mol. The highest BCUT2D eigenvalue weighted by molar-refractivity contribution is 5.43. The third kappa shape index (κ3) is 3.97. The average molecular weight is 247 g/mol. The minimum Gasteiger partial charge on any atom is -0.493 e. The van der Waals surface area contributed by atoms with Crippen molar-refractivity contribution in [3.8, 4) is 23.8 Å². The highest BCUT2D eigenvalue weighted by Crippen LogP contribution is 2.28. The molecule has 0 aromatic heterocycles. The zero-order chi connectivity index (χ0) is 13.4. The van der Waals surface area contributed by atoms with E-state index in [0.717, 1.165) is 30.9 Å². The molecule has 0 aliphatic rings. The van der Waals surface area contributed by atoms with E-state index in [1.807, 2.05) is 18.2 Å². The predicted molar refractivity (Wildman–Crippen MR) is 74.2 cm³/mol. The maximum Gasteiger partial charge on any atom is 0.160 e. The van der Waals surface area contributed by atoms with Crippen molar-refractivity contribution in [2.24, 2.45) is 0 Å². The topological polar surface area (TPSA) is 30.5 Å². The highest BCUT2D eigenvalue weighted by Gasteiger charge is 2.10. The monoisotopic (exact) mass is 247 g/mol. The van der Waals surface area contributed by atoms with Crippen LogP contribution in [0.4, 0.5) is 0 Å². The zero-order valence-corrected chi connectivity index (χ0v) is 11.3. The van der Waals surface area contributed by atoms with E-state index in [2.05, 4.69) is 18.2 Å². The third-order valence-corrected chi connectivity index (χ3v) is 2.79. The van der Waals surface area contributed by atoms with Gasteiger partial charge in [0.15, 0.2) is 11.5 Å². The van der Waals surface area contributed by atoms with Crippen LogP contribution in [0.3, 0.4) is 0 Å². The van der Waals surface area contributed by atoms with Gasteiger partial charge in [0.1, 0.15) is 0 Å². The van der Waals surface area contributed by atoms with Crippen LogP contribution < -0.4 is 14.8 Å². The lowest BCUT2D eigenvalue weighted by atomic mass is 10.0. The van der Waals surface area contributed by atoms with E-state index in [1.54, 1.807) is 14.2 Å². The summed E-state index contributed by atoms with van der Waals surface area (Å²) in [5, 5.41) is 3.38. The van der Waals surface area contributed by atoms with Crippen LogP contribution in [0.2, 0.25) is 0 Å². The molecule has 1 rings (SSSR count). The van der Waals surface area contributed by atoms with E-state index in [1.165, 1.54) is 5.56 Å². The number of rotatable bonds is 7. The molecule has 0 aliphatic heterocycles. The number of benzene rings is 1. The van der Waals surface area contributed by atoms with Crippen molar-refractivity contribution in [3.05, 3.63) is 23.8 Å². The normalized spacial score (nSPS) is 11.7. The second-order valence-electron chi connectivity index (χ2n) is 4.06. The first-order valence-corrected chi connectivity index (χ1v) is 6.12. The van der Waals surface area contributed by atoms with Crippen LogP contribution in [0, 0.1) is 12.3 Å². The Morgan fingerprint density at radius 3 is 2.56 bits per heavy atom. The number of ether oxygens (including phenoxy) is 2. The Labute approximate surface area is 109 Å². The summed E-state index contributed by atoms with van der Waals surface area (Å²) in [6.07, 6.45) is 6.99. The lowest BCUT2D eigenvalue weighted by Gasteiger charge is -2.16. The van der Waals surface area contributed by atoms with Crippen LogP contribution in [0.5, 0.6) is 11.5 Å². The lowest BCUT2D eigenvalue weighted by molar-refractivity contribution is 0.354. The molecule has 0 radical (unpaired) electrons. The second-order valence-corrected chi connectivity index (χ2v) is 4.06. The molecule has 1 aromatic rings. The van der Waals surface area contributed by atoms with Gasteiger partial charge in [0.2, 0.25) is 0 Å². The van der Waals surface area contributed by atoms with E-state index in [0.29, 0.717) is 6.04 Å². The highest BCUT2D eigenvalue weighted by atomic mass is 16.5. The predicted octanol–water partition coefficient (Wildman–Crippen LogP) is 2.25. The van der Waals surface area contributed by atoms with Crippen molar-refractivity contribution >= 4 is 0 Å². The largest absolute Gasteiger partial charge is 0.493 e. The summed E-state index contributed by atoms with van der Waals surface area (Å²) in [4.78, 5) is 0. The van der Waals surface area contributed by atoms with Gasteiger partial charge < -0.3 is 14.8 Å². The van der Waals surface area contributed by atoms with Gasteiger partial charge in [-0.1, -0.05) is 13.0 Å². The van der Waals surface area contributed by atoms with E-state index >= 15 is 0 Å². The van der Waals surface area contributed by atoms with E-state index in [4.69, 9.17) is 15.9 Å². The van der Waals surface area contributed by atoms with Crippen LogP contribution in [0.25, 0.3) is 0 Å². The summed E-state index contributed by atoms with van der Waals surface area (Å²) in [5.41, 5.74) is 1.19. The first-order chi connectivity index (χ1) is 8.74. The summed E-state index contributed by atoms with van der Waals surface area (Å²) >= 11 is 0. The fourth-order valence-corrected chi connectivity index (χ4v) is 1.94. The molecular formula is C15H21NO2. The maximum absolute atomic E-state index is 5.38. The Morgan fingerprint density at radius 1 is 1.28 bits per heavy atom. The summed E-state index contributed by atoms with van der Waals surface area (Å²) in [6.45, 7) is 3.00. The van der Waals surface area contributed by atoms with Crippen molar-refractivity contribution < 1.29 is 9.47 Å². The van der Waals surface area contributed by atoms with Gasteiger partial charge in [-0.3, -0.25) is 0 Å². The van der Waals surface area contributed by atoms with Crippen molar-refractivity contribution in [2.45, 2.75) is 25.8 Å². The van der Waals surface area contributed by atoms with Crippen LogP contribution in [-0.2, 0) is 6.42 Å². The fourth-order valence-electron chi connectivity index (χ4n) is 1.94. The SMILES string of the molecule is C#CCC(Cc1ccc(OC)c(OC)c1)NCC. The first-order valence-electron chi connectivity index (χ1n) is 6.12. The standard InChI is InChI=1S/C15H21NO2/c1-5-7-13(16-6-2)10-12-8-9-14(17-3)15(11-12)18-4/h1,8-9,11,13,16H,6-7,10H2,2-4H3. The van der Waals surface area contributed by atoms with Crippen LogP contribution in [0.15, 0.2) is 18.2 Å². The Balaban J connectivity index is 2.80. The molecule has 0 bridgehead atoms. The molecule has 1 N–H and O–H groups in total.